The van der Waals surface area contributed by atoms with Gasteiger partial charge < -0.3 is 24.8 Å². The minimum absolute atomic E-state index is 0. The van der Waals surface area contributed by atoms with E-state index in [2.05, 4.69) is 220 Å². The molecule has 0 heterocycles. The maximum atomic E-state index is 2.24. The van der Waals surface area contributed by atoms with Gasteiger partial charge in [-0.25, -0.2) is 0 Å². The van der Waals surface area contributed by atoms with Crippen molar-refractivity contribution in [1.29, 1.82) is 0 Å². The van der Waals surface area contributed by atoms with Gasteiger partial charge in [-0.1, -0.05) is 111 Å². The number of rotatable bonds is 0. The first-order valence-corrected chi connectivity index (χ1v) is 21.1. The largest absolute Gasteiger partial charge is 1.00 e. The molecular formula is C48H44Cl2Hf2Si2-6. The Morgan fingerprint density at radius 1 is 0.315 bits per heavy atom. The molecule has 0 nitrogen and oxygen atoms in total. The molecule has 0 bridgehead atoms. The molecule has 6 heteroatoms. The van der Waals surface area contributed by atoms with E-state index in [0.29, 0.717) is 0 Å². The fourth-order valence-electron chi connectivity index (χ4n) is 5.95. The number of halogens is 2. The van der Waals surface area contributed by atoms with Crippen molar-refractivity contribution >= 4 is 83.7 Å². The molecule has 0 aliphatic heterocycles. The number of hydrogen-bond donors (Lipinski definition) is 0. The Morgan fingerprint density at radius 2 is 0.537 bits per heavy atom. The summed E-state index contributed by atoms with van der Waals surface area (Å²) in [5.74, 6) is 0. The monoisotopic (exact) mass is 1110 g/mol. The Bertz CT molecular complexity index is 2140. The van der Waals surface area contributed by atoms with Crippen LogP contribution >= 0.6 is 0 Å². The van der Waals surface area contributed by atoms with Crippen LogP contribution in [0.4, 0.5) is 0 Å². The Kier molecular flexibility index (Phi) is 24.3. The SMILES string of the molecule is C[Si]C.C[Si]C.[Cl-].[Cl-].[Hf].[Hf].c1ccc2[cH-]ccc2c1.c1ccc2[cH-]ccc2c1.c1ccc2c(c1)[cH-]c1ccccc12.c1ccc2c(c1)[cH-]c1ccccc12. The zero-order chi connectivity index (χ0) is 35.0. The molecule has 54 heavy (non-hydrogen) atoms. The van der Waals surface area contributed by atoms with Gasteiger partial charge in [0.2, 0.25) is 0 Å². The average Bonchev–Trinajstić information content (AvgIpc) is 3.97. The van der Waals surface area contributed by atoms with E-state index in [1.807, 2.05) is 0 Å². The molecule has 10 aromatic rings. The fourth-order valence-corrected chi connectivity index (χ4v) is 5.95. The standard InChI is InChI=1S/2C13H9.2C9H7.2C2H6Si.2ClH.2Hf/c2*1-3-7-12-10(5-1)9-11-6-2-4-8-13(11)12;2*1-2-5-9-7-3-6-8(9)4-1;2*1-3-2;;;;/h2*1-9H;2*1-7H;2*1-2H3;2*1H;;/q4*-1;;;;;;/p-2. The maximum Gasteiger partial charge on any atom is 0.0307 e. The third-order valence-electron chi connectivity index (χ3n) is 8.14. The minimum atomic E-state index is 0. The molecule has 0 atom stereocenters. The van der Waals surface area contributed by atoms with E-state index in [9.17, 15) is 0 Å². The van der Waals surface area contributed by atoms with E-state index in [1.54, 1.807) is 0 Å². The van der Waals surface area contributed by atoms with Crippen molar-refractivity contribution < 1.29 is 76.5 Å². The van der Waals surface area contributed by atoms with Crippen LogP contribution in [0.25, 0.3) is 64.6 Å². The van der Waals surface area contributed by atoms with Crippen LogP contribution in [0.2, 0.25) is 26.2 Å². The summed E-state index contributed by atoms with van der Waals surface area (Å²) < 4.78 is 0. The maximum absolute atomic E-state index is 2.24. The molecule has 0 aromatic heterocycles. The molecule has 10 rings (SSSR count). The second kappa shape index (κ2) is 26.8. The molecule has 272 valence electrons. The van der Waals surface area contributed by atoms with Crippen molar-refractivity contribution in [2.45, 2.75) is 26.2 Å². The van der Waals surface area contributed by atoms with Gasteiger partial charge in [0.15, 0.2) is 0 Å². The van der Waals surface area contributed by atoms with Crippen LogP contribution in [-0.4, -0.2) is 19.0 Å². The number of hydrogen-bond acceptors (Lipinski definition) is 0. The molecule has 0 saturated heterocycles. The molecule has 0 aliphatic carbocycles. The summed E-state index contributed by atoms with van der Waals surface area (Å²) in [5.41, 5.74) is 0. The molecule has 0 amide bonds. The zero-order valence-corrected chi connectivity index (χ0v) is 41.9. The van der Waals surface area contributed by atoms with Crippen LogP contribution in [0.1, 0.15) is 0 Å². The first-order valence-electron chi connectivity index (χ1n) is 17.1. The molecule has 10 aromatic carbocycles. The Hall–Kier alpha value is -2.97. The van der Waals surface area contributed by atoms with E-state index in [4.69, 9.17) is 0 Å². The van der Waals surface area contributed by atoms with Crippen LogP contribution in [0.15, 0.2) is 194 Å². The normalized spacial score (nSPS) is 9.41. The van der Waals surface area contributed by atoms with Crippen molar-refractivity contribution in [3.8, 4) is 0 Å². The summed E-state index contributed by atoms with van der Waals surface area (Å²) >= 11 is 0. The quantitative estimate of drug-likeness (QED) is 0.107. The Balaban J connectivity index is 0.000000339. The predicted octanol–water partition coefficient (Wildman–Crippen LogP) is 8.12. The van der Waals surface area contributed by atoms with Gasteiger partial charge in [-0.15, -0.1) is 139 Å². The summed E-state index contributed by atoms with van der Waals surface area (Å²) in [4.78, 5) is 0. The van der Waals surface area contributed by atoms with Gasteiger partial charge in [-0.05, 0) is 0 Å². The predicted molar refractivity (Wildman–Crippen MR) is 228 cm³/mol. The second-order valence-electron chi connectivity index (χ2n) is 11.9. The summed E-state index contributed by atoms with van der Waals surface area (Å²) in [6, 6.07) is 67.9. The Labute approximate surface area is 376 Å². The van der Waals surface area contributed by atoms with Gasteiger partial charge in [-0.2, -0.15) is 35.0 Å². The molecule has 0 N–H and O–H groups in total. The van der Waals surface area contributed by atoms with E-state index in [-0.39, 0.29) is 76.5 Å². The molecular weight excluding hydrogens is 1060 g/mol. The van der Waals surface area contributed by atoms with E-state index in [0.717, 1.165) is 19.0 Å². The molecule has 0 spiro atoms. The summed E-state index contributed by atoms with van der Waals surface area (Å²) in [6.45, 7) is 8.61. The third-order valence-corrected chi connectivity index (χ3v) is 8.14. The molecule has 4 radical (unpaired) electrons. The van der Waals surface area contributed by atoms with Crippen LogP contribution < -0.4 is 24.8 Å². The molecule has 0 fully saturated rings. The first-order chi connectivity index (χ1) is 24.7. The first kappa shape index (κ1) is 49.1. The summed E-state index contributed by atoms with van der Waals surface area (Å²) in [5, 5.41) is 16.1. The van der Waals surface area contributed by atoms with Crippen molar-refractivity contribution in [3.05, 3.63) is 194 Å². The molecule has 0 saturated carbocycles. The van der Waals surface area contributed by atoms with Gasteiger partial charge >= 0.3 is 0 Å². The van der Waals surface area contributed by atoms with Crippen LogP contribution in [0, 0.1) is 0 Å². The average molecular weight is 1100 g/mol. The fraction of sp³-hybridized carbons (Fsp3) is 0.0833. The Morgan fingerprint density at radius 3 is 0.796 bits per heavy atom. The minimum Gasteiger partial charge on any atom is -1.00 e. The third kappa shape index (κ3) is 13.7. The van der Waals surface area contributed by atoms with Gasteiger partial charge in [0, 0.05) is 70.7 Å². The van der Waals surface area contributed by atoms with Gasteiger partial charge in [0.25, 0.3) is 0 Å². The van der Waals surface area contributed by atoms with E-state index in [1.165, 1.54) is 64.6 Å². The molecule has 0 unspecified atom stereocenters. The van der Waals surface area contributed by atoms with Crippen molar-refractivity contribution in [2.75, 3.05) is 0 Å². The second-order valence-corrected chi connectivity index (χ2v) is 13.9. The van der Waals surface area contributed by atoms with Crippen molar-refractivity contribution in [3.63, 3.8) is 0 Å². The number of fused-ring (bicyclic) bond motifs is 8. The van der Waals surface area contributed by atoms with Crippen LogP contribution in [-0.2, 0) is 51.7 Å². The van der Waals surface area contributed by atoms with Crippen LogP contribution in [0.3, 0.4) is 0 Å². The topological polar surface area (TPSA) is 0 Å². The molecule has 0 aliphatic rings. The van der Waals surface area contributed by atoms with E-state index < -0.39 is 0 Å². The summed E-state index contributed by atoms with van der Waals surface area (Å²) in [7, 11) is 2.17. The smallest absolute Gasteiger partial charge is 0.0307 e. The van der Waals surface area contributed by atoms with Crippen molar-refractivity contribution in [1.82, 2.24) is 0 Å². The van der Waals surface area contributed by atoms with Gasteiger partial charge in [0.1, 0.15) is 0 Å². The zero-order valence-electron chi connectivity index (χ0n) is 31.2. The van der Waals surface area contributed by atoms with Crippen LogP contribution in [0.5, 0.6) is 0 Å². The van der Waals surface area contributed by atoms with E-state index >= 15 is 0 Å². The van der Waals surface area contributed by atoms with Gasteiger partial charge in [-0.3, -0.25) is 0 Å². The number of benzene rings is 6. The summed E-state index contributed by atoms with van der Waals surface area (Å²) in [6.07, 6.45) is 0. The van der Waals surface area contributed by atoms with Gasteiger partial charge in [0.05, 0.1) is 0 Å². The van der Waals surface area contributed by atoms with Crippen molar-refractivity contribution in [2.24, 2.45) is 0 Å².